The van der Waals surface area contributed by atoms with Gasteiger partial charge in [-0.2, -0.15) is 0 Å². The molecule has 0 bridgehead atoms. The highest BCUT2D eigenvalue weighted by molar-refractivity contribution is 8.13. The third kappa shape index (κ3) is 6.57. The van der Waals surface area contributed by atoms with Gasteiger partial charge in [0.25, 0.3) is 5.23 Å². The van der Waals surface area contributed by atoms with Crippen LogP contribution in [0.5, 0.6) is 5.75 Å². The summed E-state index contributed by atoms with van der Waals surface area (Å²) >= 11 is 1.76. The van der Waals surface area contributed by atoms with Crippen LogP contribution in [0, 0.1) is 5.92 Å². The van der Waals surface area contributed by atoms with E-state index in [1.54, 1.807) is 11.8 Å². The van der Waals surface area contributed by atoms with Gasteiger partial charge in [0.15, 0.2) is 0 Å². The summed E-state index contributed by atoms with van der Waals surface area (Å²) in [5.74, 6) is 1.86. The fraction of sp³-hybridized carbons (Fsp3) is 0.720. The zero-order chi connectivity index (χ0) is 21.2. The lowest BCUT2D eigenvalue weighted by atomic mass is 9.82. The molecule has 0 saturated heterocycles. The van der Waals surface area contributed by atoms with Gasteiger partial charge in [-0.25, -0.2) is 0 Å². The number of benzene rings is 1. The van der Waals surface area contributed by atoms with Gasteiger partial charge in [-0.05, 0) is 73.9 Å². The molecule has 1 aliphatic carbocycles. The first-order valence-electron chi connectivity index (χ1n) is 12.1. The van der Waals surface area contributed by atoms with Crippen molar-refractivity contribution in [1.29, 1.82) is 0 Å². The summed E-state index contributed by atoms with van der Waals surface area (Å²) in [6, 6.07) is 9.11. The van der Waals surface area contributed by atoms with E-state index in [2.05, 4.69) is 50.0 Å². The minimum Gasteiger partial charge on any atom is -0.494 e. The van der Waals surface area contributed by atoms with Crippen LogP contribution >= 0.6 is 11.8 Å². The monoisotopic (exact) mass is 432 g/mol. The second-order valence-corrected chi connectivity index (χ2v) is 9.68. The molecular formula is C25H40N2O2S. The molecule has 30 heavy (non-hydrogen) atoms. The van der Waals surface area contributed by atoms with E-state index in [1.807, 2.05) is 0 Å². The molecule has 1 unspecified atom stereocenters. The number of rotatable bonds is 11. The zero-order valence-corrected chi connectivity index (χ0v) is 20.0. The number of hydrazone groups is 1. The molecule has 0 spiro atoms. The van der Waals surface area contributed by atoms with Gasteiger partial charge in [-0.3, -0.25) is 5.01 Å². The highest BCUT2D eigenvalue weighted by Crippen LogP contribution is 2.44. The van der Waals surface area contributed by atoms with Crippen molar-refractivity contribution in [3.05, 3.63) is 29.8 Å². The first-order valence-corrected chi connectivity index (χ1v) is 13.0. The van der Waals surface area contributed by atoms with Gasteiger partial charge >= 0.3 is 0 Å². The van der Waals surface area contributed by atoms with Crippen LogP contribution in [-0.4, -0.2) is 29.5 Å². The molecule has 1 heterocycles. The summed E-state index contributed by atoms with van der Waals surface area (Å²) in [5, 5.41) is 8.32. The molecule has 1 aliphatic heterocycles. The Balaban J connectivity index is 1.63. The molecule has 0 N–H and O–H groups in total. The topological polar surface area (TPSA) is 34.1 Å². The zero-order valence-electron chi connectivity index (χ0n) is 19.1. The second-order valence-electron chi connectivity index (χ2n) is 8.65. The highest BCUT2D eigenvalue weighted by atomic mass is 32.2. The Morgan fingerprint density at radius 2 is 1.60 bits per heavy atom. The van der Waals surface area contributed by atoms with E-state index >= 15 is 0 Å². The van der Waals surface area contributed by atoms with E-state index in [4.69, 9.17) is 14.6 Å². The van der Waals surface area contributed by atoms with Gasteiger partial charge in [0.05, 0.1) is 13.2 Å². The molecular weight excluding hydrogens is 392 g/mol. The Hall–Kier alpha value is -1.36. The first-order chi connectivity index (χ1) is 14.7. The molecule has 2 aliphatic rings. The van der Waals surface area contributed by atoms with Gasteiger partial charge in [0.2, 0.25) is 0 Å². The summed E-state index contributed by atoms with van der Waals surface area (Å²) in [4.78, 5) is 0. The molecule has 3 rings (SSSR count). The summed E-state index contributed by atoms with van der Waals surface area (Å²) in [6.45, 7) is 8.07. The Labute approximate surface area is 187 Å². The number of nitrogens with zero attached hydrogens (tertiary/aromatic N) is 2. The molecule has 1 saturated carbocycles. The average molecular weight is 433 g/mol. The van der Waals surface area contributed by atoms with Gasteiger partial charge in [-0.15, -0.1) is 5.10 Å². The molecule has 1 atom stereocenters. The first kappa shape index (κ1) is 23.3. The maximum Gasteiger partial charge on any atom is 0.269 e. The standard InChI is InChI=1S/C25H40N2O2S/c1-4-7-8-9-20-10-14-22(15-11-20)27-24(30-25(26-27)29-19-6-3)21-12-16-23(17-13-21)28-18-5-2/h12-13,16-17,20,22,24H,4-11,14-15,18-19H2,1-3H3. The van der Waals surface area contributed by atoms with Crippen LogP contribution in [0.2, 0.25) is 0 Å². The summed E-state index contributed by atoms with van der Waals surface area (Å²) < 4.78 is 11.7. The minimum absolute atomic E-state index is 0.207. The molecule has 168 valence electrons. The average Bonchev–Trinajstić information content (AvgIpc) is 3.21. The van der Waals surface area contributed by atoms with Crippen molar-refractivity contribution in [3.8, 4) is 5.75 Å². The van der Waals surface area contributed by atoms with Crippen LogP contribution in [0.4, 0.5) is 0 Å². The van der Waals surface area contributed by atoms with Crippen molar-refractivity contribution in [1.82, 2.24) is 5.01 Å². The molecule has 1 aromatic carbocycles. The third-order valence-electron chi connectivity index (χ3n) is 6.12. The fourth-order valence-electron chi connectivity index (χ4n) is 4.40. The fourth-order valence-corrected chi connectivity index (χ4v) is 5.50. The molecule has 0 radical (unpaired) electrons. The van der Waals surface area contributed by atoms with Crippen molar-refractivity contribution in [2.24, 2.45) is 11.0 Å². The Kier molecular flexibility index (Phi) is 9.70. The Morgan fingerprint density at radius 1 is 0.900 bits per heavy atom. The van der Waals surface area contributed by atoms with E-state index in [-0.39, 0.29) is 5.37 Å². The molecule has 0 aromatic heterocycles. The predicted octanol–water partition coefficient (Wildman–Crippen LogP) is 7.36. The number of hydrogen-bond acceptors (Lipinski definition) is 5. The van der Waals surface area contributed by atoms with E-state index in [0.29, 0.717) is 6.04 Å². The number of hydrogen-bond donors (Lipinski definition) is 0. The quantitative estimate of drug-likeness (QED) is 0.342. The van der Waals surface area contributed by atoms with Crippen molar-refractivity contribution < 1.29 is 9.47 Å². The van der Waals surface area contributed by atoms with Gasteiger partial charge in [0, 0.05) is 6.04 Å². The van der Waals surface area contributed by atoms with Crippen molar-refractivity contribution in [3.63, 3.8) is 0 Å². The largest absolute Gasteiger partial charge is 0.494 e. The van der Waals surface area contributed by atoms with Crippen LogP contribution in [0.1, 0.15) is 95.9 Å². The molecule has 5 heteroatoms. The van der Waals surface area contributed by atoms with Crippen molar-refractivity contribution in [2.45, 2.75) is 96.4 Å². The summed E-state index contributed by atoms with van der Waals surface area (Å²) in [6.07, 6.45) is 12.7. The van der Waals surface area contributed by atoms with E-state index in [9.17, 15) is 0 Å². The lowest BCUT2D eigenvalue weighted by Gasteiger charge is -2.36. The normalized spacial score (nSPS) is 24.0. The molecule has 4 nitrogen and oxygen atoms in total. The molecule has 0 amide bonds. The van der Waals surface area contributed by atoms with E-state index < -0.39 is 0 Å². The molecule has 1 fully saturated rings. The Bertz CT molecular complexity index is 641. The van der Waals surface area contributed by atoms with E-state index in [1.165, 1.54) is 56.9 Å². The highest BCUT2D eigenvalue weighted by Gasteiger charge is 2.36. The van der Waals surface area contributed by atoms with Crippen molar-refractivity contribution in [2.75, 3.05) is 13.2 Å². The predicted molar refractivity (Wildman–Crippen MR) is 128 cm³/mol. The summed E-state index contributed by atoms with van der Waals surface area (Å²) in [7, 11) is 0. The van der Waals surface area contributed by atoms with Gasteiger partial charge in [0.1, 0.15) is 11.1 Å². The van der Waals surface area contributed by atoms with Crippen LogP contribution in [0.15, 0.2) is 29.4 Å². The number of ether oxygens (including phenoxy) is 2. The maximum absolute atomic E-state index is 5.93. The van der Waals surface area contributed by atoms with Gasteiger partial charge in [-0.1, -0.05) is 58.6 Å². The van der Waals surface area contributed by atoms with Crippen LogP contribution in [-0.2, 0) is 4.74 Å². The number of unbranched alkanes of at least 4 members (excludes halogenated alkanes) is 2. The van der Waals surface area contributed by atoms with Crippen LogP contribution < -0.4 is 4.74 Å². The second kappa shape index (κ2) is 12.5. The van der Waals surface area contributed by atoms with E-state index in [0.717, 1.165) is 43.0 Å². The Morgan fingerprint density at radius 3 is 2.27 bits per heavy atom. The lowest BCUT2D eigenvalue weighted by molar-refractivity contribution is 0.127. The molecule has 1 aromatic rings. The van der Waals surface area contributed by atoms with Gasteiger partial charge < -0.3 is 9.47 Å². The smallest absolute Gasteiger partial charge is 0.269 e. The maximum atomic E-state index is 5.93. The lowest BCUT2D eigenvalue weighted by Crippen LogP contribution is -2.34. The minimum atomic E-state index is 0.207. The third-order valence-corrected chi connectivity index (χ3v) is 7.24. The van der Waals surface area contributed by atoms with Crippen molar-refractivity contribution >= 4 is 17.0 Å². The van der Waals surface area contributed by atoms with Crippen LogP contribution in [0.25, 0.3) is 0 Å². The van der Waals surface area contributed by atoms with Crippen LogP contribution in [0.3, 0.4) is 0 Å². The SMILES string of the molecule is CCCCCC1CCC(N2N=C(OCCC)SC2c2ccc(OCCC)cc2)CC1. The number of thioether (sulfide) groups is 1. The summed E-state index contributed by atoms with van der Waals surface area (Å²) in [5.41, 5.74) is 1.28.